The van der Waals surface area contributed by atoms with Crippen LogP contribution in [0.15, 0.2) is 48.9 Å². The number of ether oxygens (including phenoxy) is 1. The van der Waals surface area contributed by atoms with E-state index in [9.17, 15) is 10.2 Å². The van der Waals surface area contributed by atoms with Crippen LogP contribution in [0, 0.1) is 5.92 Å². The van der Waals surface area contributed by atoms with Crippen LogP contribution in [0.4, 0.5) is 5.82 Å². The quantitative estimate of drug-likeness (QED) is 0.605. The number of methoxy groups -OCH3 is 1. The highest BCUT2D eigenvalue weighted by molar-refractivity contribution is 5.86. The van der Waals surface area contributed by atoms with Crippen molar-refractivity contribution in [1.29, 1.82) is 0 Å². The van der Waals surface area contributed by atoms with Gasteiger partial charge in [-0.25, -0.2) is 9.97 Å². The van der Waals surface area contributed by atoms with Crippen LogP contribution in [0.3, 0.4) is 0 Å². The third-order valence-corrected chi connectivity index (χ3v) is 5.92. The molecule has 0 unspecified atom stereocenters. The van der Waals surface area contributed by atoms with Gasteiger partial charge in [0.15, 0.2) is 0 Å². The van der Waals surface area contributed by atoms with Crippen LogP contribution in [0.2, 0.25) is 0 Å². The van der Waals surface area contributed by atoms with Crippen molar-refractivity contribution >= 4 is 16.9 Å². The molecule has 1 fully saturated rings. The number of benzene rings is 1. The average Bonchev–Trinajstić information content (AvgIpc) is 3.26. The van der Waals surface area contributed by atoms with E-state index in [2.05, 4.69) is 9.97 Å². The number of aliphatic hydroxyl groups excluding tert-OH is 2. The lowest BCUT2D eigenvalue weighted by Crippen LogP contribution is -2.29. The maximum absolute atomic E-state index is 10.7. The molecule has 2 aromatic heterocycles. The van der Waals surface area contributed by atoms with E-state index in [1.165, 1.54) is 6.33 Å². The first-order valence-corrected chi connectivity index (χ1v) is 9.61. The molecule has 1 aromatic carbocycles. The minimum atomic E-state index is -0.852. The van der Waals surface area contributed by atoms with Crippen molar-refractivity contribution in [2.75, 3.05) is 12.8 Å². The van der Waals surface area contributed by atoms with E-state index in [1.54, 1.807) is 7.11 Å². The number of aliphatic hydroxyl groups is 2. The summed E-state index contributed by atoms with van der Waals surface area (Å²) in [6.07, 6.45) is 3.84. The maximum Gasteiger partial charge on any atom is 0.145 e. The molecule has 1 aliphatic carbocycles. The Bertz CT molecular complexity index is 930. The Labute approximate surface area is 163 Å². The van der Waals surface area contributed by atoms with Crippen LogP contribution in [0.25, 0.3) is 11.0 Å². The van der Waals surface area contributed by atoms with Gasteiger partial charge in [-0.3, -0.25) is 0 Å². The van der Waals surface area contributed by atoms with E-state index < -0.39 is 12.2 Å². The smallest absolute Gasteiger partial charge is 0.145 e. The normalized spacial score (nSPS) is 26.0. The number of hydrogen-bond donors (Lipinski definition) is 3. The predicted molar refractivity (Wildman–Crippen MR) is 107 cm³/mol. The number of nitrogen functional groups attached to an aromatic ring is 1. The molecule has 0 aliphatic heterocycles. The Balaban J connectivity index is 1.49. The Hall–Kier alpha value is -2.48. The molecule has 3 aromatic rings. The summed E-state index contributed by atoms with van der Waals surface area (Å²) in [7, 11) is 1.70. The fourth-order valence-electron chi connectivity index (χ4n) is 4.37. The summed E-state index contributed by atoms with van der Waals surface area (Å²) in [5, 5.41) is 22.1. The Kier molecular flexibility index (Phi) is 5.30. The lowest BCUT2D eigenvalue weighted by molar-refractivity contribution is 0.00132. The molecule has 5 atom stereocenters. The van der Waals surface area contributed by atoms with Gasteiger partial charge in [-0.1, -0.05) is 30.3 Å². The molecule has 4 N–H and O–H groups in total. The summed E-state index contributed by atoms with van der Waals surface area (Å²) in [5.41, 5.74) is 7.73. The van der Waals surface area contributed by atoms with Gasteiger partial charge in [-0.2, -0.15) is 0 Å². The summed E-state index contributed by atoms with van der Waals surface area (Å²) in [4.78, 5) is 8.33. The van der Waals surface area contributed by atoms with Gasteiger partial charge in [-0.05, 0) is 36.8 Å². The third kappa shape index (κ3) is 3.37. The summed E-state index contributed by atoms with van der Waals surface area (Å²) in [6.45, 7) is 0. The first kappa shape index (κ1) is 18.9. The number of aromatic nitrogens is 3. The van der Waals surface area contributed by atoms with Crippen LogP contribution in [-0.2, 0) is 4.74 Å². The van der Waals surface area contributed by atoms with E-state index in [1.807, 2.05) is 47.2 Å². The fraction of sp³-hybridized carbons (Fsp3) is 0.429. The van der Waals surface area contributed by atoms with Gasteiger partial charge in [0.2, 0.25) is 0 Å². The van der Waals surface area contributed by atoms with E-state index in [-0.39, 0.29) is 18.1 Å². The number of nitrogens with two attached hydrogens (primary N) is 1. The minimum Gasteiger partial charge on any atom is -0.390 e. The van der Waals surface area contributed by atoms with E-state index in [0.29, 0.717) is 17.9 Å². The Morgan fingerprint density at radius 1 is 1.18 bits per heavy atom. The fourth-order valence-corrected chi connectivity index (χ4v) is 4.37. The summed E-state index contributed by atoms with van der Waals surface area (Å²) in [6, 6.07) is 11.7. The predicted octanol–water partition coefficient (Wildman–Crippen LogP) is 2.46. The second-order valence-corrected chi connectivity index (χ2v) is 7.48. The average molecular weight is 382 g/mol. The van der Waals surface area contributed by atoms with Gasteiger partial charge in [0.25, 0.3) is 0 Å². The number of hydrogen-bond acceptors (Lipinski definition) is 6. The lowest BCUT2D eigenvalue weighted by atomic mass is 9.94. The molecule has 0 amide bonds. The molecule has 4 rings (SSSR count). The number of nitrogens with zero attached hydrogens (tertiary/aromatic N) is 3. The molecule has 7 nitrogen and oxygen atoms in total. The number of anilines is 1. The van der Waals surface area contributed by atoms with Crippen molar-refractivity contribution in [1.82, 2.24) is 14.5 Å². The highest BCUT2D eigenvalue weighted by Crippen LogP contribution is 2.40. The molecule has 0 saturated heterocycles. The van der Waals surface area contributed by atoms with Crippen molar-refractivity contribution in [2.45, 2.75) is 43.6 Å². The SMILES string of the molecule is CO[C@H](CC[C@H]1C[C@@H](n2ccc3c(N)ncnc32)[C@H](O)[C@@H]1O)c1ccccc1. The first-order valence-electron chi connectivity index (χ1n) is 9.61. The molecule has 1 saturated carbocycles. The van der Waals surface area contributed by atoms with E-state index >= 15 is 0 Å². The van der Waals surface area contributed by atoms with Gasteiger partial charge in [0.1, 0.15) is 23.9 Å². The molecule has 0 spiro atoms. The van der Waals surface area contributed by atoms with Gasteiger partial charge in [0, 0.05) is 13.3 Å². The van der Waals surface area contributed by atoms with Crippen molar-refractivity contribution < 1.29 is 14.9 Å². The summed E-state index contributed by atoms with van der Waals surface area (Å²) >= 11 is 0. The van der Waals surface area contributed by atoms with Gasteiger partial charge < -0.3 is 25.3 Å². The van der Waals surface area contributed by atoms with E-state index in [4.69, 9.17) is 10.5 Å². The number of fused-ring (bicyclic) bond motifs is 1. The monoisotopic (exact) mass is 382 g/mol. The number of rotatable bonds is 6. The largest absolute Gasteiger partial charge is 0.390 e. The molecule has 2 heterocycles. The van der Waals surface area contributed by atoms with E-state index in [0.717, 1.165) is 23.8 Å². The molecular formula is C21H26N4O3. The molecule has 0 bridgehead atoms. The van der Waals surface area contributed by atoms with Gasteiger partial charge >= 0.3 is 0 Å². The summed E-state index contributed by atoms with van der Waals surface area (Å²) < 4.78 is 7.56. The van der Waals surface area contributed by atoms with Gasteiger partial charge in [-0.15, -0.1) is 0 Å². The van der Waals surface area contributed by atoms with Crippen LogP contribution < -0.4 is 5.73 Å². The minimum absolute atomic E-state index is 0.0157. The molecule has 7 heteroatoms. The topological polar surface area (TPSA) is 106 Å². The molecular weight excluding hydrogens is 356 g/mol. The zero-order valence-corrected chi connectivity index (χ0v) is 15.8. The highest BCUT2D eigenvalue weighted by Gasteiger charge is 2.42. The highest BCUT2D eigenvalue weighted by atomic mass is 16.5. The first-order chi connectivity index (χ1) is 13.6. The van der Waals surface area contributed by atoms with Crippen molar-refractivity contribution in [3.8, 4) is 0 Å². The maximum atomic E-state index is 10.7. The second kappa shape index (κ2) is 7.87. The Morgan fingerprint density at radius 3 is 2.71 bits per heavy atom. The zero-order valence-electron chi connectivity index (χ0n) is 15.8. The molecule has 1 aliphatic rings. The van der Waals surface area contributed by atoms with Gasteiger partial charge in [0.05, 0.1) is 23.6 Å². The van der Waals surface area contributed by atoms with Crippen molar-refractivity contribution in [3.05, 3.63) is 54.5 Å². The third-order valence-electron chi connectivity index (χ3n) is 5.92. The zero-order chi connectivity index (χ0) is 19.7. The van der Waals surface area contributed by atoms with Crippen molar-refractivity contribution in [3.63, 3.8) is 0 Å². The molecule has 148 valence electrons. The van der Waals surface area contributed by atoms with Crippen LogP contribution >= 0.6 is 0 Å². The van der Waals surface area contributed by atoms with Crippen LogP contribution in [0.1, 0.15) is 37.0 Å². The molecule has 0 radical (unpaired) electrons. The summed E-state index contributed by atoms with van der Waals surface area (Å²) in [5.74, 6) is 0.400. The lowest BCUT2D eigenvalue weighted by Gasteiger charge is -2.20. The second-order valence-electron chi connectivity index (χ2n) is 7.48. The van der Waals surface area contributed by atoms with Crippen LogP contribution in [-0.4, -0.2) is 44.1 Å². The standard InChI is InChI=1S/C21H26N4O3/c1-28-17(13-5-3-2-4-6-13)8-7-14-11-16(19(27)18(14)26)25-10-9-15-20(22)23-12-24-21(15)25/h2-6,9-10,12,14,16-19,26-27H,7-8,11H2,1H3,(H2,22,23,24)/t14-,16+,17+,18+,19-/m0/s1. The van der Waals surface area contributed by atoms with Crippen molar-refractivity contribution in [2.24, 2.45) is 5.92 Å². The Morgan fingerprint density at radius 2 is 1.96 bits per heavy atom. The molecule has 28 heavy (non-hydrogen) atoms. The van der Waals surface area contributed by atoms with Crippen LogP contribution in [0.5, 0.6) is 0 Å².